The standard InChI is InChI=1S/C18H35N3O3S/c1-3-13-25(23,24)21-12-5-8-17(15-21)18(22)19-9-6-11-20-10-4-7-16(2)14-20/h16-17H,3-15H2,1-2H3,(H,19,22)/t16-,17-/m1/s1. The molecule has 0 spiro atoms. The fourth-order valence-corrected chi connectivity index (χ4v) is 5.53. The van der Waals surface area contributed by atoms with E-state index in [4.69, 9.17) is 0 Å². The zero-order valence-corrected chi connectivity index (χ0v) is 16.7. The van der Waals surface area contributed by atoms with E-state index in [2.05, 4.69) is 17.1 Å². The Labute approximate surface area is 153 Å². The van der Waals surface area contributed by atoms with Crippen molar-refractivity contribution in [2.75, 3.05) is 45.0 Å². The lowest BCUT2D eigenvalue weighted by Gasteiger charge is -2.32. The monoisotopic (exact) mass is 373 g/mol. The van der Waals surface area contributed by atoms with Crippen molar-refractivity contribution in [3.8, 4) is 0 Å². The Balaban J connectivity index is 1.69. The van der Waals surface area contributed by atoms with Crippen LogP contribution in [0.15, 0.2) is 0 Å². The molecule has 2 aliphatic heterocycles. The van der Waals surface area contributed by atoms with Gasteiger partial charge in [-0.2, -0.15) is 0 Å². The summed E-state index contributed by atoms with van der Waals surface area (Å²) in [4.78, 5) is 14.9. The van der Waals surface area contributed by atoms with E-state index in [0.29, 0.717) is 26.1 Å². The summed E-state index contributed by atoms with van der Waals surface area (Å²) in [5.74, 6) is 0.774. The summed E-state index contributed by atoms with van der Waals surface area (Å²) in [7, 11) is -3.20. The summed E-state index contributed by atoms with van der Waals surface area (Å²) in [5.41, 5.74) is 0. The summed E-state index contributed by atoms with van der Waals surface area (Å²) in [6.45, 7) is 9.13. The van der Waals surface area contributed by atoms with Gasteiger partial charge in [-0.3, -0.25) is 4.79 Å². The van der Waals surface area contributed by atoms with Crippen LogP contribution in [0.3, 0.4) is 0 Å². The van der Waals surface area contributed by atoms with Gasteiger partial charge in [0.05, 0.1) is 11.7 Å². The number of nitrogens with one attached hydrogen (secondary N) is 1. The second-order valence-corrected chi connectivity index (χ2v) is 9.79. The number of rotatable bonds is 8. The van der Waals surface area contributed by atoms with E-state index in [-0.39, 0.29) is 17.6 Å². The van der Waals surface area contributed by atoms with E-state index in [1.165, 1.54) is 30.2 Å². The summed E-state index contributed by atoms with van der Waals surface area (Å²) in [5, 5.41) is 3.02. The zero-order chi connectivity index (χ0) is 18.3. The van der Waals surface area contributed by atoms with Crippen LogP contribution in [0, 0.1) is 11.8 Å². The third kappa shape index (κ3) is 6.53. The van der Waals surface area contributed by atoms with E-state index < -0.39 is 10.0 Å². The Morgan fingerprint density at radius 3 is 2.64 bits per heavy atom. The molecule has 1 amide bonds. The Bertz CT molecular complexity index is 524. The van der Waals surface area contributed by atoms with Crippen LogP contribution in [0.2, 0.25) is 0 Å². The maximum Gasteiger partial charge on any atom is 0.224 e. The minimum absolute atomic E-state index is 0.0170. The fourth-order valence-electron chi connectivity index (χ4n) is 3.94. The first-order valence-electron chi connectivity index (χ1n) is 9.90. The Morgan fingerprint density at radius 1 is 1.16 bits per heavy atom. The number of nitrogens with zero attached hydrogens (tertiary/aromatic N) is 2. The minimum atomic E-state index is -3.20. The van der Waals surface area contributed by atoms with Crippen molar-refractivity contribution >= 4 is 15.9 Å². The molecule has 0 aromatic heterocycles. The largest absolute Gasteiger partial charge is 0.356 e. The zero-order valence-electron chi connectivity index (χ0n) is 15.9. The molecule has 7 heteroatoms. The Hall–Kier alpha value is -0.660. The van der Waals surface area contributed by atoms with Gasteiger partial charge in [0.1, 0.15) is 0 Å². The highest BCUT2D eigenvalue weighted by atomic mass is 32.2. The van der Waals surface area contributed by atoms with Crippen molar-refractivity contribution in [3.05, 3.63) is 0 Å². The summed E-state index contributed by atoms with van der Waals surface area (Å²) in [6, 6.07) is 0. The van der Waals surface area contributed by atoms with E-state index in [1.54, 1.807) is 0 Å². The van der Waals surface area contributed by atoms with Crippen LogP contribution in [0.4, 0.5) is 0 Å². The quantitative estimate of drug-likeness (QED) is 0.657. The molecular weight excluding hydrogens is 338 g/mol. The van der Waals surface area contributed by atoms with Crippen molar-refractivity contribution in [3.63, 3.8) is 0 Å². The molecule has 0 bridgehead atoms. The second-order valence-electron chi connectivity index (χ2n) is 7.71. The SMILES string of the molecule is CCCS(=O)(=O)N1CCC[C@@H](C(=O)NCCCN2CCC[C@@H](C)C2)C1. The summed E-state index contributed by atoms with van der Waals surface area (Å²) in [6.07, 6.45) is 5.73. The average Bonchev–Trinajstić information content (AvgIpc) is 2.59. The number of likely N-dealkylation sites (tertiary alicyclic amines) is 1. The number of piperidine rings is 2. The lowest BCUT2D eigenvalue weighted by Crippen LogP contribution is -2.46. The third-order valence-corrected chi connectivity index (χ3v) is 7.34. The first kappa shape index (κ1) is 20.6. The molecule has 0 radical (unpaired) electrons. The number of hydrogen-bond donors (Lipinski definition) is 1. The van der Waals surface area contributed by atoms with Gasteiger partial charge >= 0.3 is 0 Å². The molecule has 25 heavy (non-hydrogen) atoms. The van der Waals surface area contributed by atoms with Gasteiger partial charge in [-0.25, -0.2) is 12.7 Å². The van der Waals surface area contributed by atoms with Crippen molar-refractivity contribution in [2.24, 2.45) is 11.8 Å². The highest BCUT2D eigenvalue weighted by Gasteiger charge is 2.31. The van der Waals surface area contributed by atoms with Crippen molar-refractivity contribution in [1.29, 1.82) is 0 Å². The predicted molar refractivity (Wildman–Crippen MR) is 101 cm³/mol. The normalized spacial score (nSPS) is 26.5. The first-order chi connectivity index (χ1) is 11.9. The van der Waals surface area contributed by atoms with Crippen LogP contribution in [0.1, 0.15) is 52.4 Å². The van der Waals surface area contributed by atoms with Gasteiger partial charge in [0.15, 0.2) is 0 Å². The molecule has 2 fully saturated rings. The van der Waals surface area contributed by atoms with Gasteiger partial charge in [0.25, 0.3) is 0 Å². The lowest BCUT2D eigenvalue weighted by molar-refractivity contribution is -0.126. The molecule has 2 saturated heterocycles. The van der Waals surface area contributed by atoms with Gasteiger partial charge in [-0.05, 0) is 57.5 Å². The minimum Gasteiger partial charge on any atom is -0.356 e. The molecule has 0 aromatic rings. The van der Waals surface area contributed by atoms with Gasteiger partial charge in [0.2, 0.25) is 15.9 Å². The van der Waals surface area contributed by atoms with Crippen molar-refractivity contribution < 1.29 is 13.2 Å². The Morgan fingerprint density at radius 2 is 1.92 bits per heavy atom. The van der Waals surface area contributed by atoms with Crippen LogP contribution in [-0.4, -0.2) is 68.6 Å². The molecule has 6 nitrogen and oxygen atoms in total. The highest BCUT2D eigenvalue weighted by Crippen LogP contribution is 2.20. The van der Waals surface area contributed by atoms with Gasteiger partial charge in [-0.15, -0.1) is 0 Å². The maximum absolute atomic E-state index is 12.4. The number of amides is 1. The number of carbonyl (C=O) groups is 1. The van der Waals surface area contributed by atoms with Crippen LogP contribution in [-0.2, 0) is 14.8 Å². The molecule has 2 heterocycles. The van der Waals surface area contributed by atoms with Gasteiger partial charge in [0, 0.05) is 26.2 Å². The van der Waals surface area contributed by atoms with Gasteiger partial charge in [-0.1, -0.05) is 13.8 Å². The summed E-state index contributed by atoms with van der Waals surface area (Å²) < 4.78 is 25.9. The van der Waals surface area contributed by atoms with E-state index in [1.807, 2.05) is 6.92 Å². The van der Waals surface area contributed by atoms with Crippen LogP contribution in [0.5, 0.6) is 0 Å². The molecule has 2 rings (SSSR count). The highest BCUT2D eigenvalue weighted by molar-refractivity contribution is 7.89. The predicted octanol–water partition coefficient (Wildman–Crippen LogP) is 1.68. The molecule has 1 N–H and O–H groups in total. The molecule has 0 unspecified atom stereocenters. The lowest BCUT2D eigenvalue weighted by atomic mass is 9.99. The molecular formula is C18H35N3O3S. The van der Waals surface area contributed by atoms with Crippen molar-refractivity contribution in [2.45, 2.75) is 52.4 Å². The number of carbonyl (C=O) groups excluding carboxylic acids is 1. The number of hydrogen-bond acceptors (Lipinski definition) is 4. The average molecular weight is 374 g/mol. The smallest absolute Gasteiger partial charge is 0.224 e. The topological polar surface area (TPSA) is 69.7 Å². The molecule has 2 atom stereocenters. The van der Waals surface area contributed by atoms with E-state index in [9.17, 15) is 13.2 Å². The molecule has 0 saturated carbocycles. The third-order valence-electron chi connectivity index (χ3n) is 5.30. The second kappa shape index (κ2) is 9.88. The van der Waals surface area contributed by atoms with Gasteiger partial charge < -0.3 is 10.2 Å². The van der Waals surface area contributed by atoms with Crippen LogP contribution in [0.25, 0.3) is 0 Å². The maximum atomic E-state index is 12.4. The first-order valence-corrected chi connectivity index (χ1v) is 11.5. The summed E-state index contributed by atoms with van der Waals surface area (Å²) >= 11 is 0. The number of sulfonamides is 1. The van der Waals surface area contributed by atoms with Crippen LogP contribution >= 0.6 is 0 Å². The molecule has 146 valence electrons. The van der Waals surface area contributed by atoms with Crippen LogP contribution < -0.4 is 5.32 Å². The molecule has 0 aromatic carbocycles. The fraction of sp³-hybridized carbons (Fsp3) is 0.944. The van der Waals surface area contributed by atoms with E-state index in [0.717, 1.165) is 31.7 Å². The van der Waals surface area contributed by atoms with Crippen molar-refractivity contribution in [1.82, 2.24) is 14.5 Å². The van der Waals surface area contributed by atoms with E-state index >= 15 is 0 Å². The molecule has 2 aliphatic rings. The molecule has 0 aliphatic carbocycles. The Kier molecular flexibility index (Phi) is 8.16.